The average molecular weight is 305 g/mol. The second-order valence-corrected chi connectivity index (χ2v) is 7.98. The van der Waals surface area contributed by atoms with Gasteiger partial charge >= 0.3 is 5.97 Å². The Kier molecular flexibility index (Phi) is 6.45. The molecule has 1 rings (SSSR count). The van der Waals surface area contributed by atoms with E-state index in [4.69, 9.17) is 0 Å². The van der Waals surface area contributed by atoms with Crippen molar-refractivity contribution in [3.05, 3.63) is 0 Å². The van der Waals surface area contributed by atoms with Crippen molar-refractivity contribution in [3.8, 4) is 0 Å². The van der Waals surface area contributed by atoms with Crippen LogP contribution in [0.25, 0.3) is 0 Å². The van der Waals surface area contributed by atoms with Crippen molar-refractivity contribution in [2.75, 3.05) is 6.54 Å². The number of carbonyl (C=O) groups is 1. The predicted octanol–water partition coefficient (Wildman–Crippen LogP) is 2.47. The molecule has 0 aromatic heterocycles. The van der Waals surface area contributed by atoms with Gasteiger partial charge in [0.15, 0.2) is 0 Å². The number of carboxylic acid groups (broad SMARTS) is 1. The molecule has 0 aliphatic heterocycles. The molecule has 0 aromatic rings. The molecule has 0 bridgehead atoms. The summed E-state index contributed by atoms with van der Waals surface area (Å²) in [7, 11) is -3.52. The minimum absolute atomic E-state index is 0.119. The Morgan fingerprint density at radius 1 is 1.30 bits per heavy atom. The summed E-state index contributed by atoms with van der Waals surface area (Å²) in [5, 5.41) is 8.45. The second-order valence-electron chi connectivity index (χ2n) is 5.87. The van der Waals surface area contributed by atoms with Crippen LogP contribution in [0.5, 0.6) is 0 Å². The number of nitrogens with zero attached hydrogens (tertiary/aromatic N) is 1. The third-order valence-electron chi connectivity index (χ3n) is 4.04. The van der Waals surface area contributed by atoms with Gasteiger partial charge in [0.2, 0.25) is 10.0 Å². The molecule has 118 valence electrons. The van der Waals surface area contributed by atoms with E-state index >= 15 is 0 Å². The molecule has 0 heterocycles. The number of aliphatic carboxylic acids is 1. The van der Waals surface area contributed by atoms with E-state index in [1.807, 2.05) is 13.8 Å². The summed E-state index contributed by atoms with van der Waals surface area (Å²) in [6.45, 7) is 6.28. The van der Waals surface area contributed by atoms with Crippen LogP contribution in [-0.2, 0) is 14.8 Å². The molecule has 2 unspecified atom stereocenters. The van der Waals surface area contributed by atoms with Crippen LogP contribution in [0, 0.1) is 5.92 Å². The SMILES string of the molecule is CCCCCN(C(C)C)S(=O)(=O)C1CCCC1C(=O)O. The summed E-state index contributed by atoms with van der Waals surface area (Å²) >= 11 is 0. The Hall–Kier alpha value is -0.620. The Bertz CT molecular complexity index is 419. The molecular weight excluding hydrogens is 278 g/mol. The molecule has 6 heteroatoms. The Labute approximate surface area is 122 Å². The topological polar surface area (TPSA) is 74.7 Å². The number of unbranched alkanes of at least 4 members (excludes halogenated alkanes) is 2. The summed E-state index contributed by atoms with van der Waals surface area (Å²) in [5.74, 6) is -1.72. The monoisotopic (exact) mass is 305 g/mol. The van der Waals surface area contributed by atoms with Gasteiger partial charge in [0, 0.05) is 12.6 Å². The predicted molar refractivity (Wildman–Crippen MR) is 79.1 cm³/mol. The quantitative estimate of drug-likeness (QED) is 0.699. The van der Waals surface area contributed by atoms with E-state index in [1.54, 1.807) is 0 Å². The molecular formula is C14H27NO4S. The fourth-order valence-electron chi connectivity index (χ4n) is 2.94. The van der Waals surface area contributed by atoms with Gasteiger partial charge in [0.1, 0.15) is 0 Å². The first-order valence-electron chi connectivity index (χ1n) is 7.55. The molecule has 1 aliphatic rings. The maximum absolute atomic E-state index is 12.7. The molecule has 5 nitrogen and oxygen atoms in total. The lowest BCUT2D eigenvalue weighted by Crippen LogP contribution is -2.45. The molecule has 0 aromatic carbocycles. The largest absolute Gasteiger partial charge is 0.481 e. The van der Waals surface area contributed by atoms with Gasteiger partial charge in [0.25, 0.3) is 0 Å². The highest BCUT2D eigenvalue weighted by Crippen LogP contribution is 2.33. The fraction of sp³-hybridized carbons (Fsp3) is 0.929. The van der Waals surface area contributed by atoms with Gasteiger partial charge in [-0.05, 0) is 33.1 Å². The Morgan fingerprint density at radius 2 is 1.95 bits per heavy atom. The van der Waals surface area contributed by atoms with E-state index in [2.05, 4.69) is 6.92 Å². The van der Waals surface area contributed by atoms with Gasteiger partial charge in [-0.2, -0.15) is 4.31 Å². The lowest BCUT2D eigenvalue weighted by atomic mass is 10.1. The van der Waals surface area contributed by atoms with Crippen LogP contribution in [0.15, 0.2) is 0 Å². The number of hydrogen-bond donors (Lipinski definition) is 1. The second kappa shape index (κ2) is 7.41. The zero-order valence-electron chi connectivity index (χ0n) is 12.7. The van der Waals surface area contributed by atoms with Crippen LogP contribution in [-0.4, -0.2) is 41.6 Å². The van der Waals surface area contributed by atoms with Crippen molar-refractivity contribution in [2.24, 2.45) is 5.92 Å². The van der Waals surface area contributed by atoms with Gasteiger partial charge in [-0.15, -0.1) is 0 Å². The summed E-state index contributed by atoms with van der Waals surface area (Å²) in [5.41, 5.74) is 0. The smallest absolute Gasteiger partial charge is 0.307 e. The lowest BCUT2D eigenvalue weighted by Gasteiger charge is -2.30. The number of rotatable bonds is 8. The zero-order chi connectivity index (χ0) is 15.3. The molecule has 1 aliphatic carbocycles. The van der Waals surface area contributed by atoms with E-state index in [0.717, 1.165) is 19.3 Å². The van der Waals surface area contributed by atoms with Gasteiger partial charge in [0.05, 0.1) is 11.2 Å². The van der Waals surface area contributed by atoms with Crippen LogP contribution in [0.2, 0.25) is 0 Å². The van der Waals surface area contributed by atoms with E-state index in [-0.39, 0.29) is 6.04 Å². The van der Waals surface area contributed by atoms with Crippen LogP contribution >= 0.6 is 0 Å². The molecule has 20 heavy (non-hydrogen) atoms. The maximum Gasteiger partial charge on any atom is 0.307 e. The molecule has 0 spiro atoms. The summed E-state index contributed by atoms with van der Waals surface area (Å²) in [6.07, 6.45) is 4.48. The molecule has 0 amide bonds. The lowest BCUT2D eigenvalue weighted by molar-refractivity contribution is -0.141. The molecule has 1 fully saturated rings. The maximum atomic E-state index is 12.7. The average Bonchev–Trinajstić information content (AvgIpc) is 2.83. The number of hydrogen-bond acceptors (Lipinski definition) is 3. The third-order valence-corrected chi connectivity index (χ3v) is 6.62. The van der Waals surface area contributed by atoms with Crippen molar-refractivity contribution in [1.82, 2.24) is 4.31 Å². The first-order valence-corrected chi connectivity index (χ1v) is 9.06. The first kappa shape index (κ1) is 17.4. The van der Waals surface area contributed by atoms with Crippen molar-refractivity contribution >= 4 is 16.0 Å². The Morgan fingerprint density at radius 3 is 2.45 bits per heavy atom. The van der Waals surface area contributed by atoms with Gasteiger partial charge in [-0.3, -0.25) is 4.79 Å². The molecule has 0 radical (unpaired) electrons. The van der Waals surface area contributed by atoms with E-state index in [1.165, 1.54) is 4.31 Å². The summed E-state index contributed by atoms with van der Waals surface area (Å²) in [4.78, 5) is 11.2. The highest BCUT2D eigenvalue weighted by molar-refractivity contribution is 7.89. The van der Waals surface area contributed by atoms with Crippen LogP contribution in [0.1, 0.15) is 59.3 Å². The molecule has 1 saturated carbocycles. The van der Waals surface area contributed by atoms with Crippen molar-refractivity contribution in [2.45, 2.75) is 70.6 Å². The number of carboxylic acids is 1. The molecule has 2 atom stereocenters. The standard InChI is InChI=1S/C14H27NO4S/c1-4-5-6-10-15(11(2)3)20(18,19)13-9-7-8-12(13)14(16)17/h11-13H,4-10H2,1-3H3,(H,16,17). The van der Waals surface area contributed by atoms with Crippen LogP contribution in [0.3, 0.4) is 0 Å². The van der Waals surface area contributed by atoms with Gasteiger partial charge in [-0.1, -0.05) is 26.2 Å². The first-order chi connectivity index (χ1) is 9.32. The normalized spacial score (nSPS) is 23.6. The molecule has 0 saturated heterocycles. The van der Waals surface area contributed by atoms with Gasteiger partial charge < -0.3 is 5.11 Å². The Balaban J connectivity index is 2.89. The minimum atomic E-state index is -3.52. The highest BCUT2D eigenvalue weighted by atomic mass is 32.2. The zero-order valence-corrected chi connectivity index (χ0v) is 13.5. The van der Waals surface area contributed by atoms with Crippen LogP contribution < -0.4 is 0 Å². The van der Waals surface area contributed by atoms with Crippen molar-refractivity contribution < 1.29 is 18.3 Å². The van der Waals surface area contributed by atoms with Crippen molar-refractivity contribution in [1.29, 1.82) is 0 Å². The number of sulfonamides is 1. The van der Waals surface area contributed by atoms with Crippen molar-refractivity contribution in [3.63, 3.8) is 0 Å². The third kappa shape index (κ3) is 3.95. The van der Waals surface area contributed by atoms with E-state index in [0.29, 0.717) is 25.8 Å². The highest BCUT2D eigenvalue weighted by Gasteiger charge is 2.44. The summed E-state index contributed by atoms with van der Waals surface area (Å²) in [6, 6.07) is -0.119. The molecule has 1 N–H and O–H groups in total. The van der Waals surface area contributed by atoms with Gasteiger partial charge in [-0.25, -0.2) is 8.42 Å². The fourth-order valence-corrected chi connectivity index (χ4v) is 5.39. The van der Waals surface area contributed by atoms with E-state index < -0.39 is 27.2 Å². The summed E-state index contributed by atoms with van der Waals surface area (Å²) < 4.78 is 27.0. The van der Waals surface area contributed by atoms with Crippen LogP contribution in [0.4, 0.5) is 0 Å². The van der Waals surface area contributed by atoms with E-state index in [9.17, 15) is 18.3 Å². The minimum Gasteiger partial charge on any atom is -0.481 e.